The molecule has 0 amide bonds. The lowest BCUT2D eigenvalue weighted by Gasteiger charge is -2.00. The summed E-state index contributed by atoms with van der Waals surface area (Å²) in [6, 6.07) is 19.0. The van der Waals surface area contributed by atoms with Crippen LogP contribution < -0.4 is 11.2 Å². The van der Waals surface area contributed by atoms with Crippen LogP contribution in [-0.2, 0) is 0 Å². The Hall–Kier alpha value is -3.59. The minimum absolute atomic E-state index is 0.165. The number of hydrazone groups is 1. The summed E-state index contributed by atoms with van der Waals surface area (Å²) < 4.78 is 5.82. The number of furan rings is 1. The van der Waals surface area contributed by atoms with Crippen molar-refractivity contribution in [3.63, 3.8) is 0 Å². The number of anilines is 1. The third kappa shape index (κ3) is 3.04. The molecule has 6 heteroatoms. The number of fused-ring (bicyclic) bond motifs is 1. The lowest BCUT2D eigenvalue weighted by Crippen LogP contribution is -2.21. The molecule has 6 nitrogen and oxygen atoms in total. The summed E-state index contributed by atoms with van der Waals surface area (Å²) in [5.41, 5.74) is 10.2. The van der Waals surface area contributed by atoms with Crippen molar-refractivity contribution in [3.05, 3.63) is 54.6 Å². The maximum atomic E-state index is 8.82. The molecule has 0 aliphatic heterocycles. The van der Waals surface area contributed by atoms with Crippen LogP contribution in [0.2, 0.25) is 0 Å². The van der Waals surface area contributed by atoms with Gasteiger partial charge in [-0.25, -0.2) is 0 Å². The van der Waals surface area contributed by atoms with E-state index in [-0.39, 0.29) is 11.5 Å². The largest absolute Gasteiger partial charge is 0.456 e. The van der Waals surface area contributed by atoms with Crippen LogP contribution in [0.1, 0.15) is 0 Å². The molecule has 0 radical (unpaired) electrons. The number of amidine groups is 1. The Morgan fingerprint density at radius 3 is 2.65 bits per heavy atom. The van der Waals surface area contributed by atoms with Crippen molar-refractivity contribution in [1.82, 2.24) is 0 Å². The second kappa shape index (κ2) is 6.03. The van der Waals surface area contributed by atoms with Crippen LogP contribution in [0, 0.1) is 16.7 Å². The van der Waals surface area contributed by atoms with Crippen molar-refractivity contribution in [3.8, 4) is 17.4 Å². The molecule has 1 heterocycles. The van der Waals surface area contributed by atoms with Crippen LogP contribution in [-0.4, -0.2) is 11.5 Å². The minimum atomic E-state index is -0.379. The molecule has 112 valence electrons. The molecule has 3 aromatic rings. The number of nitrogens with two attached hydrogens (primary N) is 1. The van der Waals surface area contributed by atoms with Gasteiger partial charge in [-0.1, -0.05) is 30.3 Å². The average molecular weight is 303 g/mol. The summed E-state index contributed by atoms with van der Waals surface area (Å²) in [6.07, 6.45) is 0. The van der Waals surface area contributed by atoms with E-state index in [2.05, 4.69) is 10.5 Å². The highest BCUT2D eigenvalue weighted by Crippen LogP contribution is 2.29. The fraction of sp³-hybridized carbons (Fsp3) is 0. The second-order valence-electron chi connectivity index (χ2n) is 4.83. The first-order valence-corrected chi connectivity index (χ1v) is 6.84. The molecule has 0 saturated carbocycles. The maximum absolute atomic E-state index is 8.82. The summed E-state index contributed by atoms with van der Waals surface area (Å²) in [5, 5.41) is 20.8. The Morgan fingerprint density at radius 2 is 1.96 bits per heavy atom. The highest BCUT2D eigenvalue weighted by molar-refractivity contribution is 6.45. The van der Waals surface area contributed by atoms with E-state index in [9.17, 15) is 0 Å². The average Bonchev–Trinajstić information content (AvgIpc) is 2.99. The maximum Gasteiger partial charge on any atom is 0.201 e. The van der Waals surface area contributed by atoms with Gasteiger partial charge in [-0.15, -0.1) is 0 Å². The van der Waals surface area contributed by atoms with Crippen LogP contribution in [0.5, 0.6) is 0 Å². The highest BCUT2D eigenvalue weighted by atomic mass is 16.3. The molecular formula is C17H13N5O. The lowest BCUT2D eigenvalue weighted by molar-refractivity contribution is 0.631. The Balaban J connectivity index is 1.91. The standard InChI is InChI=1S/C17H13N5O/c18-10-14(17(19)20)22-21-13-6-7-15-12(8-13)9-16(23-15)11-4-2-1-3-5-11/h1-9,21H,(H3,19,20)/b22-14+. The van der Waals surface area contributed by atoms with Crippen molar-refractivity contribution in [1.29, 1.82) is 10.7 Å². The number of hydrogen-bond acceptors (Lipinski definition) is 5. The topological polar surface area (TPSA) is 111 Å². The molecule has 1 aromatic heterocycles. The summed E-state index contributed by atoms with van der Waals surface area (Å²) in [4.78, 5) is 0. The van der Waals surface area contributed by atoms with Crippen LogP contribution in [0.15, 0.2) is 64.1 Å². The molecule has 0 bridgehead atoms. The van der Waals surface area contributed by atoms with Gasteiger partial charge in [0.05, 0.1) is 5.69 Å². The summed E-state index contributed by atoms with van der Waals surface area (Å²) in [7, 11) is 0. The summed E-state index contributed by atoms with van der Waals surface area (Å²) >= 11 is 0. The van der Waals surface area contributed by atoms with Gasteiger partial charge in [0.2, 0.25) is 5.71 Å². The van der Waals surface area contributed by atoms with Crippen molar-refractivity contribution in [2.75, 3.05) is 5.43 Å². The Kier molecular flexibility index (Phi) is 3.77. The van der Waals surface area contributed by atoms with E-state index in [1.165, 1.54) is 0 Å². The first kappa shape index (κ1) is 14.4. The first-order valence-electron chi connectivity index (χ1n) is 6.84. The Labute approximate surface area is 132 Å². The van der Waals surface area contributed by atoms with E-state index in [1.54, 1.807) is 12.1 Å². The molecule has 3 rings (SSSR count). The molecule has 23 heavy (non-hydrogen) atoms. The fourth-order valence-corrected chi connectivity index (χ4v) is 2.12. The van der Waals surface area contributed by atoms with Gasteiger partial charge in [-0.2, -0.15) is 10.4 Å². The summed E-state index contributed by atoms with van der Waals surface area (Å²) in [6.45, 7) is 0. The van der Waals surface area contributed by atoms with E-state index in [0.717, 1.165) is 22.3 Å². The van der Waals surface area contributed by atoms with Crippen LogP contribution in [0.25, 0.3) is 22.3 Å². The molecule has 2 aromatic carbocycles. The first-order chi connectivity index (χ1) is 11.2. The van der Waals surface area contributed by atoms with Crippen molar-refractivity contribution in [2.24, 2.45) is 10.8 Å². The van der Waals surface area contributed by atoms with Crippen molar-refractivity contribution >= 4 is 28.2 Å². The third-order valence-electron chi connectivity index (χ3n) is 3.23. The van der Waals surface area contributed by atoms with E-state index in [4.69, 9.17) is 20.8 Å². The predicted octanol–water partition coefficient (Wildman–Crippen LogP) is 3.33. The zero-order valence-electron chi connectivity index (χ0n) is 12.1. The van der Waals surface area contributed by atoms with E-state index >= 15 is 0 Å². The lowest BCUT2D eigenvalue weighted by atomic mass is 10.1. The molecule has 0 fully saturated rings. The molecule has 0 aliphatic rings. The van der Waals surface area contributed by atoms with Crippen LogP contribution >= 0.6 is 0 Å². The molecule has 0 saturated heterocycles. The quantitative estimate of drug-likeness (QED) is 0.390. The smallest absolute Gasteiger partial charge is 0.201 e. The monoisotopic (exact) mass is 303 g/mol. The molecule has 0 unspecified atom stereocenters. The van der Waals surface area contributed by atoms with Gasteiger partial charge in [-0.05, 0) is 24.3 Å². The minimum Gasteiger partial charge on any atom is -0.456 e. The molecular weight excluding hydrogens is 290 g/mol. The van der Waals surface area contributed by atoms with Gasteiger partial charge in [0.25, 0.3) is 0 Å². The predicted molar refractivity (Wildman–Crippen MR) is 90.2 cm³/mol. The molecule has 0 spiro atoms. The second-order valence-corrected chi connectivity index (χ2v) is 4.83. The number of nitriles is 1. The summed E-state index contributed by atoms with van der Waals surface area (Å²) in [5.74, 6) is 0.401. The van der Waals surface area contributed by atoms with Crippen molar-refractivity contribution < 1.29 is 4.42 Å². The van der Waals surface area contributed by atoms with Gasteiger partial charge in [0.15, 0.2) is 5.84 Å². The number of nitrogens with one attached hydrogen (secondary N) is 2. The molecule has 4 N–H and O–H groups in total. The zero-order chi connectivity index (χ0) is 16.2. The van der Waals surface area contributed by atoms with Crippen LogP contribution in [0.4, 0.5) is 5.69 Å². The van der Waals surface area contributed by atoms with E-state index in [0.29, 0.717) is 5.69 Å². The van der Waals surface area contributed by atoms with Gasteiger partial charge in [-0.3, -0.25) is 10.8 Å². The SMILES string of the molecule is N#C/C(=N\Nc1ccc2oc(-c3ccccc3)cc2c1)C(=N)N. The van der Waals surface area contributed by atoms with E-state index < -0.39 is 0 Å². The van der Waals surface area contributed by atoms with Crippen LogP contribution in [0.3, 0.4) is 0 Å². The molecule has 0 atom stereocenters. The van der Waals surface area contributed by atoms with E-state index in [1.807, 2.05) is 48.5 Å². The Morgan fingerprint density at radius 1 is 1.17 bits per heavy atom. The van der Waals surface area contributed by atoms with Gasteiger partial charge in [0.1, 0.15) is 17.4 Å². The molecule has 0 aliphatic carbocycles. The Bertz CT molecular complexity index is 935. The van der Waals surface area contributed by atoms with Gasteiger partial charge >= 0.3 is 0 Å². The van der Waals surface area contributed by atoms with Gasteiger partial charge in [0, 0.05) is 10.9 Å². The number of hydrogen-bond donors (Lipinski definition) is 3. The highest BCUT2D eigenvalue weighted by Gasteiger charge is 2.07. The third-order valence-corrected chi connectivity index (χ3v) is 3.23. The number of nitrogens with zero attached hydrogens (tertiary/aromatic N) is 2. The normalized spacial score (nSPS) is 11.2. The number of benzene rings is 2. The zero-order valence-corrected chi connectivity index (χ0v) is 12.1. The van der Waals surface area contributed by atoms with Gasteiger partial charge < -0.3 is 10.2 Å². The van der Waals surface area contributed by atoms with Crippen molar-refractivity contribution in [2.45, 2.75) is 0 Å². The number of rotatable bonds is 4. The fourth-order valence-electron chi connectivity index (χ4n) is 2.12.